The van der Waals surface area contributed by atoms with Crippen LogP contribution in [0.4, 0.5) is 11.4 Å². The molecule has 2 aromatic rings. The van der Waals surface area contributed by atoms with E-state index in [4.69, 9.17) is 4.74 Å². The summed E-state index contributed by atoms with van der Waals surface area (Å²) in [7, 11) is 1.65. The van der Waals surface area contributed by atoms with Crippen molar-refractivity contribution in [3.63, 3.8) is 0 Å². The van der Waals surface area contributed by atoms with Crippen LogP contribution in [-0.2, 0) is 4.74 Å². The predicted octanol–water partition coefficient (Wildman–Crippen LogP) is 2.70. The summed E-state index contributed by atoms with van der Waals surface area (Å²) in [5.41, 5.74) is 3.03. The summed E-state index contributed by atoms with van der Waals surface area (Å²) in [6, 6.07) is 11.2. The van der Waals surface area contributed by atoms with Crippen LogP contribution in [0.15, 0.2) is 42.6 Å². The summed E-state index contributed by atoms with van der Waals surface area (Å²) in [6.07, 6.45) is 1.61. The van der Waals surface area contributed by atoms with Crippen LogP contribution < -0.4 is 10.6 Å². The number of ether oxygens (including phenoxy) is 1. The van der Waals surface area contributed by atoms with E-state index >= 15 is 0 Å². The Morgan fingerprint density at radius 3 is 2.86 bits per heavy atom. The van der Waals surface area contributed by atoms with Gasteiger partial charge in [-0.2, -0.15) is 0 Å². The number of anilines is 2. The monoisotopic (exact) mass is 285 g/mol. The third-order valence-electron chi connectivity index (χ3n) is 3.02. The van der Waals surface area contributed by atoms with Gasteiger partial charge < -0.3 is 15.4 Å². The van der Waals surface area contributed by atoms with E-state index in [0.717, 1.165) is 16.9 Å². The van der Waals surface area contributed by atoms with Gasteiger partial charge in [0.15, 0.2) is 0 Å². The van der Waals surface area contributed by atoms with Gasteiger partial charge in [0.1, 0.15) is 5.69 Å². The first-order valence-electron chi connectivity index (χ1n) is 6.76. The number of hydrogen-bond donors (Lipinski definition) is 2. The van der Waals surface area contributed by atoms with Gasteiger partial charge in [0, 0.05) is 31.2 Å². The van der Waals surface area contributed by atoms with Crippen LogP contribution in [0.2, 0.25) is 0 Å². The summed E-state index contributed by atoms with van der Waals surface area (Å²) in [5, 5.41) is 6.04. The molecule has 2 rings (SSSR count). The van der Waals surface area contributed by atoms with E-state index in [2.05, 4.69) is 15.6 Å². The van der Waals surface area contributed by atoms with Gasteiger partial charge in [-0.15, -0.1) is 0 Å². The minimum atomic E-state index is -0.223. The van der Waals surface area contributed by atoms with Crippen molar-refractivity contribution in [1.29, 1.82) is 0 Å². The number of nitrogens with zero attached hydrogens (tertiary/aromatic N) is 1. The molecule has 0 spiro atoms. The van der Waals surface area contributed by atoms with Gasteiger partial charge in [-0.1, -0.05) is 18.2 Å². The van der Waals surface area contributed by atoms with Crippen molar-refractivity contribution in [3.05, 3.63) is 53.9 Å². The number of methoxy groups -OCH3 is 1. The van der Waals surface area contributed by atoms with Crippen LogP contribution in [0, 0.1) is 6.92 Å². The smallest absolute Gasteiger partial charge is 0.274 e. The van der Waals surface area contributed by atoms with E-state index in [1.165, 1.54) is 0 Å². The first-order chi connectivity index (χ1) is 10.2. The number of para-hydroxylation sites is 1. The van der Waals surface area contributed by atoms with Crippen molar-refractivity contribution in [2.75, 3.05) is 30.9 Å². The van der Waals surface area contributed by atoms with Crippen LogP contribution in [0.1, 0.15) is 16.1 Å². The second kappa shape index (κ2) is 7.40. The van der Waals surface area contributed by atoms with Gasteiger partial charge in [0.05, 0.1) is 6.61 Å². The molecule has 2 N–H and O–H groups in total. The average molecular weight is 285 g/mol. The number of nitrogens with one attached hydrogen (secondary N) is 2. The first-order valence-corrected chi connectivity index (χ1v) is 6.76. The molecule has 1 aromatic carbocycles. The molecule has 1 amide bonds. The average Bonchev–Trinajstić information content (AvgIpc) is 2.50. The molecule has 0 aliphatic heterocycles. The van der Waals surface area contributed by atoms with Crippen molar-refractivity contribution in [3.8, 4) is 0 Å². The zero-order chi connectivity index (χ0) is 15.1. The van der Waals surface area contributed by atoms with Gasteiger partial charge in [-0.25, -0.2) is 0 Å². The number of aryl methyl sites for hydroxylation is 1. The summed E-state index contributed by atoms with van der Waals surface area (Å²) in [4.78, 5) is 16.3. The topological polar surface area (TPSA) is 63.2 Å². The molecule has 0 radical (unpaired) electrons. The fourth-order valence-corrected chi connectivity index (χ4v) is 1.86. The number of aromatic nitrogens is 1. The third kappa shape index (κ3) is 4.29. The number of carbonyl (C=O) groups excluding carboxylic acids is 1. The number of carbonyl (C=O) groups is 1. The number of amides is 1. The maximum atomic E-state index is 12.2. The minimum absolute atomic E-state index is 0.223. The lowest BCUT2D eigenvalue weighted by Crippen LogP contribution is -2.15. The molecule has 0 aliphatic carbocycles. The molecular formula is C16H19N3O2. The van der Waals surface area contributed by atoms with Gasteiger partial charge in [-0.05, 0) is 30.7 Å². The van der Waals surface area contributed by atoms with E-state index in [1.54, 1.807) is 19.4 Å². The summed E-state index contributed by atoms with van der Waals surface area (Å²) < 4.78 is 4.98. The normalized spacial score (nSPS) is 10.2. The summed E-state index contributed by atoms with van der Waals surface area (Å²) >= 11 is 0. The molecular weight excluding hydrogens is 266 g/mol. The van der Waals surface area contributed by atoms with Crippen molar-refractivity contribution in [2.45, 2.75) is 6.92 Å². The number of pyridine rings is 1. The molecule has 110 valence electrons. The maximum absolute atomic E-state index is 12.2. The summed E-state index contributed by atoms with van der Waals surface area (Å²) in [6.45, 7) is 3.23. The minimum Gasteiger partial charge on any atom is -0.383 e. The highest BCUT2D eigenvalue weighted by atomic mass is 16.5. The van der Waals surface area contributed by atoms with E-state index < -0.39 is 0 Å². The Morgan fingerprint density at radius 1 is 1.29 bits per heavy atom. The summed E-state index contributed by atoms with van der Waals surface area (Å²) in [5.74, 6) is -0.223. The van der Waals surface area contributed by atoms with Crippen molar-refractivity contribution < 1.29 is 9.53 Å². The molecule has 5 heteroatoms. The largest absolute Gasteiger partial charge is 0.383 e. The van der Waals surface area contributed by atoms with Crippen LogP contribution in [0.3, 0.4) is 0 Å². The van der Waals surface area contributed by atoms with E-state index in [9.17, 15) is 4.79 Å². The number of benzene rings is 1. The number of rotatable bonds is 6. The van der Waals surface area contributed by atoms with E-state index in [-0.39, 0.29) is 5.91 Å². The molecule has 0 bridgehead atoms. The Labute approximate surface area is 124 Å². The highest BCUT2D eigenvalue weighted by molar-refractivity contribution is 6.03. The zero-order valence-corrected chi connectivity index (χ0v) is 12.2. The molecule has 0 saturated carbocycles. The standard InChI is InChI=1S/C16H19N3O2/c1-12-5-3-4-6-14(12)19-16(20)15-11-13(7-8-18-15)17-9-10-21-2/h3-8,11H,9-10H2,1-2H3,(H,17,18)(H,19,20). The van der Waals surface area contributed by atoms with E-state index in [1.807, 2.05) is 37.3 Å². The molecule has 0 atom stereocenters. The second-order valence-corrected chi connectivity index (χ2v) is 4.62. The lowest BCUT2D eigenvalue weighted by atomic mass is 10.2. The lowest BCUT2D eigenvalue weighted by Gasteiger charge is -2.09. The molecule has 1 heterocycles. The van der Waals surface area contributed by atoms with Gasteiger partial charge in [0.2, 0.25) is 0 Å². The second-order valence-electron chi connectivity index (χ2n) is 4.62. The van der Waals surface area contributed by atoms with Gasteiger partial charge in [-0.3, -0.25) is 9.78 Å². The van der Waals surface area contributed by atoms with Crippen LogP contribution in [0.25, 0.3) is 0 Å². The Morgan fingerprint density at radius 2 is 2.10 bits per heavy atom. The highest BCUT2D eigenvalue weighted by Crippen LogP contribution is 2.15. The van der Waals surface area contributed by atoms with Gasteiger partial charge in [0.25, 0.3) is 5.91 Å². The van der Waals surface area contributed by atoms with E-state index in [0.29, 0.717) is 18.8 Å². The predicted molar refractivity (Wildman–Crippen MR) is 83.7 cm³/mol. The molecule has 1 aromatic heterocycles. The van der Waals surface area contributed by atoms with Gasteiger partial charge >= 0.3 is 0 Å². The van der Waals surface area contributed by atoms with Crippen LogP contribution >= 0.6 is 0 Å². The fraction of sp³-hybridized carbons (Fsp3) is 0.250. The Kier molecular flexibility index (Phi) is 5.29. The fourth-order valence-electron chi connectivity index (χ4n) is 1.86. The van der Waals surface area contributed by atoms with Crippen LogP contribution in [-0.4, -0.2) is 31.2 Å². The number of hydrogen-bond acceptors (Lipinski definition) is 4. The SMILES string of the molecule is COCCNc1ccnc(C(=O)Nc2ccccc2C)c1. The van der Waals surface area contributed by atoms with Crippen molar-refractivity contribution >= 4 is 17.3 Å². The Hall–Kier alpha value is -2.40. The molecule has 5 nitrogen and oxygen atoms in total. The third-order valence-corrected chi connectivity index (χ3v) is 3.02. The lowest BCUT2D eigenvalue weighted by molar-refractivity contribution is 0.102. The van der Waals surface area contributed by atoms with Crippen molar-refractivity contribution in [1.82, 2.24) is 4.98 Å². The quantitative estimate of drug-likeness (QED) is 0.801. The first kappa shape index (κ1) is 15.0. The maximum Gasteiger partial charge on any atom is 0.274 e. The Balaban J connectivity index is 2.05. The van der Waals surface area contributed by atoms with Crippen LogP contribution in [0.5, 0.6) is 0 Å². The molecule has 21 heavy (non-hydrogen) atoms. The molecule has 0 saturated heterocycles. The highest BCUT2D eigenvalue weighted by Gasteiger charge is 2.09. The Bertz CT molecular complexity index is 614. The zero-order valence-electron chi connectivity index (χ0n) is 12.2. The molecule has 0 aliphatic rings. The molecule has 0 fully saturated rings. The van der Waals surface area contributed by atoms with Crippen molar-refractivity contribution in [2.24, 2.45) is 0 Å². The molecule has 0 unspecified atom stereocenters.